The van der Waals surface area contributed by atoms with Gasteiger partial charge in [-0.3, -0.25) is 14.4 Å². The summed E-state index contributed by atoms with van der Waals surface area (Å²) in [6.45, 7) is 8.54. The van der Waals surface area contributed by atoms with E-state index in [9.17, 15) is 14.4 Å². The van der Waals surface area contributed by atoms with Gasteiger partial charge in [-0.1, -0.05) is 30.3 Å². The van der Waals surface area contributed by atoms with Crippen molar-refractivity contribution in [1.82, 2.24) is 0 Å². The molecule has 2 heterocycles. The third-order valence-electron chi connectivity index (χ3n) is 5.63. The van der Waals surface area contributed by atoms with Gasteiger partial charge in [-0.15, -0.1) is 0 Å². The van der Waals surface area contributed by atoms with E-state index in [1.807, 2.05) is 45.9 Å². The molecule has 0 fully saturated rings. The minimum Gasteiger partial charge on any atom is -0.305 e. The quantitative estimate of drug-likeness (QED) is 0.733. The van der Waals surface area contributed by atoms with Crippen molar-refractivity contribution in [2.24, 2.45) is 0 Å². The number of aryl methyl sites for hydroxylation is 4. The van der Waals surface area contributed by atoms with Crippen molar-refractivity contribution < 1.29 is 14.4 Å². The number of carbonyl (C=O) groups is 3. The van der Waals surface area contributed by atoms with Crippen LogP contribution in [0.4, 0.5) is 11.4 Å². The molecule has 0 radical (unpaired) electrons. The molecule has 2 aliphatic heterocycles. The highest BCUT2D eigenvalue weighted by atomic mass is 16.2. The number of hydrogen-bond donors (Lipinski definition) is 0. The first-order chi connectivity index (χ1) is 14.3. The lowest BCUT2D eigenvalue weighted by Crippen LogP contribution is -2.31. The molecule has 0 aromatic heterocycles. The third-order valence-corrected chi connectivity index (χ3v) is 5.63. The maximum Gasteiger partial charge on any atom is 0.258 e. The summed E-state index contributed by atoms with van der Waals surface area (Å²) in [5.74, 6) is -0.574. The van der Waals surface area contributed by atoms with Gasteiger partial charge in [0, 0.05) is 24.8 Å². The number of benzene rings is 2. The smallest absolute Gasteiger partial charge is 0.258 e. The van der Waals surface area contributed by atoms with Gasteiger partial charge in [-0.25, -0.2) is 4.90 Å². The van der Waals surface area contributed by atoms with Gasteiger partial charge in [-0.05, 0) is 67.5 Å². The third kappa shape index (κ3) is 3.36. The summed E-state index contributed by atoms with van der Waals surface area (Å²) in [6.07, 6.45) is 6.85. The lowest BCUT2D eigenvalue weighted by Gasteiger charge is -2.22. The molecule has 2 aliphatic rings. The number of hydrogen-bond acceptors (Lipinski definition) is 3. The van der Waals surface area contributed by atoms with Gasteiger partial charge in [-0.2, -0.15) is 0 Å². The summed E-state index contributed by atoms with van der Waals surface area (Å²) < 4.78 is 0. The van der Waals surface area contributed by atoms with Crippen LogP contribution >= 0.6 is 0 Å². The van der Waals surface area contributed by atoms with Gasteiger partial charge >= 0.3 is 0 Å². The lowest BCUT2D eigenvalue weighted by molar-refractivity contribution is -0.120. The van der Waals surface area contributed by atoms with Gasteiger partial charge in [0.05, 0.1) is 11.4 Å². The zero-order valence-electron chi connectivity index (χ0n) is 17.7. The van der Waals surface area contributed by atoms with Crippen LogP contribution in [-0.4, -0.2) is 24.3 Å². The van der Waals surface area contributed by atoms with Gasteiger partial charge in [0.1, 0.15) is 0 Å². The number of nitrogens with zero attached hydrogens (tertiary/aromatic N) is 2. The first-order valence-electron chi connectivity index (χ1n) is 10.0. The molecule has 0 atom stereocenters. The van der Waals surface area contributed by atoms with Crippen molar-refractivity contribution in [3.8, 4) is 0 Å². The Labute approximate surface area is 176 Å². The van der Waals surface area contributed by atoms with Crippen LogP contribution in [0.1, 0.15) is 33.4 Å². The Bertz CT molecular complexity index is 1090. The maximum atomic E-state index is 12.1. The largest absolute Gasteiger partial charge is 0.305 e. The Hall–Kier alpha value is -3.47. The lowest BCUT2D eigenvalue weighted by atomic mass is 9.95. The minimum atomic E-state index is -0.299. The van der Waals surface area contributed by atoms with Crippen LogP contribution < -0.4 is 9.80 Å². The monoisotopic (exact) mass is 400 g/mol. The normalized spacial score (nSPS) is 15.8. The molecule has 2 aromatic rings. The summed E-state index contributed by atoms with van der Waals surface area (Å²) in [5.41, 5.74) is 7.87. The van der Waals surface area contributed by atoms with E-state index in [2.05, 4.69) is 12.1 Å². The summed E-state index contributed by atoms with van der Waals surface area (Å²) in [4.78, 5) is 39.3. The number of imide groups is 1. The van der Waals surface area contributed by atoms with Crippen LogP contribution in [0.15, 0.2) is 48.6 Å². The van der Waals surface area contributed by atoms with Crippen LogP contribution in [0.5, 0.6) is 0 Å². The Balaban J connectivity index is 1.63. The molecule has 152 valence electrons. The first kappa shape index (κ1) is 19.8. The Morgan fingerprint density at radius 1 is 0.667 bits per heavy atom. The fourth-order valence-electron chi connectivity index (χ4n) is 4.57. The van der Waals surface area contributed by atoms with E-state index >= 15 is 0 Å². The molecule has 0 aliphatic carbocycles. The van der Waals surface area contributed by atoms with Crippen LogP contribution in [0, 0.1) is 27.7 Å². The molecule has 4 rings (SSSR count). The predicted octanol–water partition coefficient (Wildman–Crippen LogP) is 3.84. The molecule has 0 saturated heterocycles. The fraction of sp³-hybridized carbons (Fsp3) is 0.240. The van der Waals surface area contributed by atoms with E-state index in [-0.39, 0.29) is 17.7 Å². The van der Waals surface area contributed by atoms with Gasteiger partial charge in [0.15, 0.2) is 0 Å². The van der Waals surface area contributed by atoms with E-state index < -0.39 is 0 Å². The average molecular weight is 400 g/mol. The molecule has 3 amide bonds. The van der Waals surface area contributed by atoms with E-state index in [1.54, 1.807) is 11.0 Å². The standard InChI is InChI=1S/C25H24N2O3/c1-15-10-19(11-16(2)24(15)26-9-5-6-21(26)28)14-20-12-17(3)25(18(4)13-20)27-22(29)7-8-23(27)30/h5-8,10-13H,9,14H2,1-4H3. The van der Waals surface area contributed by atoms with Crippen molar-refractivity contribution in [2.45, 2.75) is 34.1 Å². The van der Waals surface area contributed by atoms with E-state index in [4.69, 9.17) is 0 Å². The number of anilines is 2. The van der Waals surface area contributed by atoms with Gasteiger partial charge < -0.3 is 4.90 Å². The Morgan fingerprint density at radius 2 is 1.13 bits per heavy atom. The van der Waals surface area contributed by atoms with Crippen molar-refractivity contribution in [3.63, 3.8) is 0 Å². The summed E-state index contributed by atoms with van der Waals surface area (Å²) in [6, 6.07) is 8.33. The van der Waals surface area contributed by atoms with Crippen molar-refractivity contribution in [3.05, 3.63) is 82.0 Å². The molecule has 0 bridgehead atoms. The molecule has 5 heteroatoms. The topological polar surface area (TPSA) is 57.7 Å². The molecule has 30 heavy (non-hydrogen) atoms. The Morgan fingerprint density at radius 3 is 1.57 bits per heavy atom. The molecule has 5 nitrogen and oxygen atoms in total. The average Bonchev–Trinajstić information content (AvgIpc) is 3.21. The van der Waals surface area contributed by atoms with Crippen molar-refractivity contribution in [1.29, 1.82) is 0 Å². The maximum absolute atomic E-state index is 12.1. The van der Waals surface area contributed by atoms with Crippen LogP contribution in [0.2, 0.25) is 0 Å². The zero-order valence-corrected chi connectivity index (χ0v) is 17.7. The molecule has 0 N–H and O–H groups in total. The highest BCUT2D eigenvalue weighted by Crippen LogP contribution is 2.32. The van der Waals surface area contributed by atoms with Crippen LogP contribution in [-0.2, 0) is 20.8 Å². The second-order valence-electron chi connectivity index (χ2n) is 8.03. The second kappa shape index (κ2) is 7.41. The highest BCUT2D eigenvalue weighted by molar-refractivity contribution is 6.28. The number of carbonyl (C=O) groups excluding carboxylic acids is 3. The minimum absolute atomic E-state index is 0.0243. The van der Waals surface area contributed by atoms with Gasteiger partial charge in [0.2, 0.25) is 0 Å². The van der Waals surface area contributed by atoms with E-state index in [0.717, 1.165) is 45.5 Å². The molecule has 0 unspecified atom stereocenters. The first-order valence-corrected chi connectivity index (χ1v) is 10.0. The Kier molecular flexibility index (Phi) is 4.90. The van der Waals surface area contributed by atoms with E-state index in [0.29, 0.717) is 12.2 Å². The van der Waals surface area contributed by atoms with Crippen molar-refractivity contribution >= 4 is 29.1 Å². The number of rotatable bonds is 4. The zero-order chi connectivity index (χ0) is 21.6. The molecular formula is C25H24N2O3. The van der Waals surface area contributed by atoms with Crippen molar-refractivity contribution in [2.75, 3.05) is 16.3 Å². The van der Waals surface area contributed by atoms with E-state index in [1.165, 1.54) is 17.1 Å². The highest BCUT2D eigenvalue weighted by Gasteiger charge is 2.28. The number of amides is 3. The molecule has 0 spiro atoms. The SMILES string of the molecule is Cc1cc(Cc2cc(C)c(N3C(=O)C=CC3=O)c(C)c2)cc(C)c1N1CC=CC1=O. The predicted molar refractivity (Wildman–Crippen MR) is 118 cm³/mol. The van der Waals surface area contributed by atoms with Crippen LogP contribution in [0.3, 0.4) is 0 Å². The molecular weight excluding hydrogens is 376 g/mol. The van der Waals surface area contributed by atoms with Gasteiger partial charge in [0.25, 0.3) is 17.7 Å². The molecule has 2 aromatic carbocycles. The molecule has 0 saturated carbocycles. The van der Waals surface area contributed by atoms with Crippen LogP contribution in [0.25, 0.3) is 0 Å². The summed E-state index contributed by atoms with van der Waals surface area (Å²) in [5, 5.41) is 0. The fourth-order valence-corrected chi connectivity index (χ4v) is 4.57. The summed E-state index contributed by atoms with van der Waals surface area (Å²) in [7, 11) is 0. The summed E-state index contributed by atoms with van der Waals surface area (Å²) >= 11 is 0. The second-order valence-corrected chi connectivity index (χ2v) is 8.03.